The van der Waals surface area contributed by atoms with Crippen LogP contribution in [0.15, 0.2) is 55.1 Å². The quantitative estimate of drug-likeness (QED) is 0.0728. The van der Waals surface area contributed by atoms with E-state index in [4.69, 9.17) is 19.4 Å². The predicted octanol–water partition coefficient (Wildman–Crippen LogP) is 2.87. The Morgan fingerprint density at radius 3 is 2.71 bits per heavy atom. The number of fused-ring (bicyclic) bond motifs is 4. The lowest BCUT2D eigenvalue weighted by Gasteiger charge is -2.42. The number of hydrogen-bond acceptors (Lipinski definition) is 15. The number of hydrogen-bond donors (Lipinski definition) is 4. The van der Waals surface area contributed by atoms with Crippen LogP contribution in [0.4, 0.5) is 11.5 Å². The summed E-state index contributed by atoms with van der Waals surface area (Å²) in [5, 5.41) is 29.5. The lowest BCUT2D eigenvalue weighted by Crippen LogP contribution is -2.52. The second kappa shape index (κ2) is 20.1. The fourth-order valence-electron chi connectivity index (χ4n) is 9.60. The molecule has 0 radical (unpaired) electrons. The molecule has 2 fully saturated rings. The normalized spacial score (nSPS) is 17.6. The number of imidazole rings is 1. The summed E-state index contributed by atoms with van der Waals surface area (Å²) in [5.74, 6) is 0.143. The van der Waals surface area contributed by atoms with Crippen LogP contribution in [-0.2, 0) is 45.2 Å². The van der Waals surface area contributed by atoms with Crippen LogP contribution in [-0.4, -0.2) is 114 Å². The van der Waals surface area contributed by atoms with Crippen LogP contribution < -0.4 is 30.9 Å². The molecule has 1 saturated carbocycles. The molecule has 5 aromatic rings. The molecule has 1 unspecified atom stereocenters. The molecule has 3 aromatic heterocycles. The van der Waals surface area contributed by atoms with Gasteiger partial charge in [0.15, 0.2) is 11.5 Å². The summed E-state index contributed by atoms with van der Waals surface area (Å²) in [6.07, 6.45) is 11.3. The molecule has 0 bridgehead atoms. The molecule has 2 aromatic carbocycles. The summed E-state index contributed by atoms with van der Waals surface area (Å²) in [5.41, 5.74) is 5.46. The Hall–Kier alpha value is -7.57. The Kier molecular flexibility index (Phi) is 13.5. The van der Waals surface area contributed by atoms with Crippen molar-refractivity contribution in [3.8, 4) is 17.5 Å². The number of carbonyl (C=O) groups is 5. The first-order valence-electron chi connectivity index (χ1n) is 22.9. The van der Waals surface area contributed by atoms with Crippen molar-refractivity contribution < 1.29 is 33.4 Å². The van der Waals surface area contributed by atoms with E-state index in [1.807, 2.05) is 16.8 Å². The summed E-state index contributed by atoms with van der Waals surface area (Å²) in [6.45, 7) is 4.04. The van der Waals surface area contributed by atoms with Crippen molar-refractivity contribution in [3.63, 3.8) is 0 Å². The molecule has 21 nitrogen and oxygen atoms in total. The van der Waals surface area contributed by atoms with E-state index in [1.165, 1.54) is 4.90 Å². The Morgan fingerprint density at radius 2 is 1.91 bits per heavy atom. The van der Waals surface area contributed by atoms with Crippen molar-refractivity contribution in [2.75, 3.05) is 43.6 Å². The summed E-state index contributed by atoms with van der Waals surface area (Å²) in [6, 6.07) is 12.2. The molecule has 9 rings (SSSR count). The van der Waals surface area contributed by atoms with Gasteiger partial charge >= 0.3 is 0 Å². The Balaban J connectivity index is 0.713. The van der Waals surface area contributed by atoms with Gasteiger partial charge in [-0.15, -0.1) is 5.10 Å². The first-order valence-corrected chi connectivity index (χ1v) is 22.9. The van der Waals surface area contributed by atoms with Crippen LogP contribution >= 0.6 is 0 Å². The summed E-state index contributed by atoms with van der Waals surface area (Å²) >= 11 is 0. The fraction of sp³-hybridized carbons (Fsp3) is 0.426. The van der Waals surface area contributed by atoms with Gasteiger partial charge in [-0.25, -0.2) is 15.0 Å². The highest BCUT2D eigenvalue weighted by Gasteiger charge is 2.41. The predicted molar refractivity (Wildman–Crippen MR) is 243 cm³/mol. The maximum Gasteiger partial charge on any atom is 0.255 e. The van der Waals surface area contributed by atoms with E-state index in [0.717, 1.165) is 54.9 Å². The van der Waals surface area contributed by atoms with Crippen molar-refractivity contribution in [1.82, 2.24) is 55.4 Å². The minimum Gasteiger partial charge on any atom is -0.496 e. The summed E-state index contributed by atoms with van der Waals surface area (Å²) in [7, 11) is 1.57. The van der Waals surface area contributed by atoms with Crippen LogP contribution in [0.1, 0.15) is 113 Å². The topological polar surface area (TPSA) is 257 Å². The number of carbonyl (C=O) groups excluding carboxylic acids is 5. The highest BCUT2D eigenvalue weighted by Crippen LogP contribution is 2.44. The maximum absolute atomic E-state index is 13.3. The number of nitriles is 1. The number of methoxy groups -OCH3 is 1. The van der Waals surface area contributed by atoms with E-state index >= 15 is 0 Å². The molecule has 2 atom stereocenters. The van der Waals surface area contributed by atoms with Crippen molar-refractivity contribution in [1.29, 1.82) is 5.26 Å². The number of nitrogens with one attached hydrogen (secondary N) is 4. The highest BCUT2D eigenvalue weighted by atomic mass is 16.5. The van der Waals surface area contributed by atoms with E-state index < -0.39 is 11.9 Å². The van der Waals surface area contributed by atoms with Crippen LogP contribution in [0.5, 0.6) is 5.75 Å². The van der Waals surface area contributed by atoms with Gasteiger partial charge in [-0.05, 0) is 49.9 Å². The number of nitrogens with zero attached hydrogens (tertiary/aromatic N) is 10. The van der Waals surface area contributed by atoms with E-state index in [2.05, 4.69) is 54.5 Å². The molecule has 3 aliphatic heterocycles. The van der Waals surface area contributed by atoms with E-state index in [1.54, 1.807) is 54.6 Å². The van der Waals surface area contributed by atoms with Crippen molar-refractivity contribution in [2.45, 2.75) is 96.1 Å². The van der Waals surface area contributed by atoms with Gasteiger partial charge in [0.1, 0.15) is 48.0 Å². The molecule has 1 saturated heterocycles. The molecular formula is C47H52N14O7. The van der Waals surface area contributed by atoms with E-state index in [9.17, 15) is 29.2 Å². The third-order valence-corrected chi connectivity index (χ3v) is 12.9. The third-order valence-electron chi connectivity index (χ3n) is 12.9. The number of imide groups is 1. The van der Waals surface area contributed by atoms with Gasteiger partial charge in [0, 0.05) is 66.5 Å². The summed E-state index contributed by atoms with van der Waals surface area (Å²) in [4.78, 5) is 81.2. The second-order valence-corrected chi connectivity index (χ2v) is 17.2. The molecule has 68 heavy (non-hydrogen) atoms. The highest BCUT2D eigenvalue weighted by molar-refractivity contribution is 6.07. The number of amides is 5. The zero-order valence-electron chi connectivity index (χ0n) is 37.9. The number of benzene rings is 2. The number of rotatable bonds is 18. The number of piperidine rings is 1. The molecule has 0 spiro atoms. The number of ether oxygens (including phenoxy) is 2. The molecule has 352 valence electrons. The molecule has 1 aliphatic carbocycles. The fourth-order valence-corrected chi connectivity index (χ4v) is 9.60. The lowest BCUT2D eigenvalue weighted by atomic mass is 10.0. The van der Waals surface area contributed by atoms with Gasteiger partial charge in [0.25, 0.3) is 11.8 Å². The van der Waals surface area contributed by atoms with Crippen molar-refractivity contribution in [3.05, 3.63) is 100 Å². The van der Waals surface area contributed by atoms with Gasteiger partial charge in [0.2, 0.25) is 17.7 Å². The van der Waals surface area contributed by atoms with E-state index in [-0.39, 0.29) is 68.8 Å². The van der Waals surface area contributed by atoms with Gasteiger partial charge in [-0.2, -0.15) is 5.26 Å². The molecule has 5 amide bonds. The molecule has 21 heteroatoms. The first kappa shape index (κ1) is 45.6. The average molecular weight is 925 g/mol. The maximum atomic E-state index is 13.3. The monoisotopic (exact) mass is 924 g/mol. The van der Waals surface area contributed by atoms with Crippen LogP contribution in [0.25, 0.3) is 5.69 Å². The minimum absolute atomic E-state index is 0.0297. The van der Waals surface area contributed by atoms with E-state index in [0.29, 0.717) is 77.4 Å². The van der Waals surface area contributed by atoms with Gasteiger partial charge in [-0.3, -0.25) is 38.5 Å². The molecule has 4 aliphatic rings. The lowest BCUT2D eigenvalue weighted by molar-refractivity contribution is -0.137. The number of anilines is 2. The van der Waals surface area contributed by atoms with Crippen LogP contribution in [0.3, 0.4) is 0 Å². The first-order chi connectivity index (χ1) is 33.1. The smallest absolute Gasteiger partial charge is 0.255 e. The zero-order valence-corrected chi connectivity index (χ0v) is 37.9. The molecule has 4 N–H and O–H groups in total. The van der Waals surface area contributed by atoms with Crippen molar-refractivity contribution in [2.24, 2.45) is 0 Å². The van der Waals surface area contributed by atoms with Gasteiger partial charge in [0.05, 0.1) is 50.9 Å². The largest absolute Gasteiger partial charge is 0.496 e. The Morgan fingerprint density at radius 1 is 1.06 bits per heavy atom. The minimum atomic E-state index is -0.747. The summed E-state index contributed by atoms with van der Waals surface area (Å²) < 4.78 is 14.9. The Bertz CT molecular complexity index is 2790. The molecule has 6 heterocycles. The standard InChI is InChI=1S/C47H52N14O7/c1-3-36-43-35(21-48)52-27-60(43)38-23-50-40(54-44(38)61(36)31-7-4-5-8-31)20-28-11-12-29(19-39(28)67-2)45(64)51-22-30-24-58(57-56-30)17-15-49-16-18-68-26-42(63)53-34-10-6-9-32-33(34)25-59(47(32)66)37-13-14-41(62)55-46(37)65/h6,9-12,19,23-24,27,31,36-37,49H,3-5,7-8,13-18,20,22,25-26H2,1-2H3,(H,51,64)(H,53,63)(H,55,62,65)/t36-,37?/m1/s1. The van der Waals surface area contributed by atoms with Gasteiger partial charge < -0.3 is 35.2 Å². The molecular weight excluding hydrogens is 873 g/mol. The number of aromatic nitrogens is 7. The average Bonchev–Trinajstić information content (AvgIpc) is 4.18. The van der Waals surface area contributed by atoms with Crippen LogP contribution in [0.2, 0.25) is 0 Å². The third kappa shape index (κ3) is 9.37. The second-order valence-electron chi connectivity index (χ2n) is 17.2. The van der Waals surface area contributed by atoms with Gasteiger partial charge in [-0.1, -0.05) is 37.1 Å². The zero-order chi connectivity index (χ0) is 47.3. The SMILES string of the molecule is CC[C@@H]1c2c(C#N)ncn2-c2cnc(Cc3ccc(C(=O)NCc4cn(CCNCCOCC(=O)Nc5cccc6c5CN(C5CCC(=O)NC5=O)C6=O)nn4)cc3OC)nc2N1C1CCCC1. The van der Waals surface area contributed by atoms with Crippen LogP contribution in [0, 0.1) is 11.3 Å². The van der Waals surface area contributed by atoms with Crippen molar-refractivity contribution >= 4 is 41.0 Å². The Labute approximate surface area is 391 Å².